The molecular formula is C15H20N2O2. The highest BCUT2D eigenvalue weighted by Crippen LogP contribution is 2.30. The quantitative estimate of drug-likeness (QED) is 0.771. The summed E-state index contributed by atoms with van der Waals surface area (Å²) in [5, 5.41) is 15.9. The smallest absolute Gasteiger partial charge is 0.243 e. The molecule has 1 fully saturated rings. The van der Waals surface area contributed by atoms with E-state index < -0.39 is 0 Å². The van der Waals surface area contributed by atoms with Gasteiger partial charge in [-0.25, -0.2) is 0 Å². The third-order valence-electron chi connectivity index (χ3n) is 4.34. The Bertz CT molecular complexity index is 456. The van der Waals surface area contributed by atoms with Crippen molar-refractivity contribution >= 4 is 11.6 Å². The summed E-state index contributed by atoms with van der Waals surface area (Å²) >= 11 is 0. The molecule has 2 aliphatic rings. The largest absolute Gasteiger partial charge is 0.394 e. The summed E-state index contributed by atoms with van der Waals surface area (Å²) in [5.41, 5.74) is 1.85. The van der Waals surface area contributed by atoms with Gasteiger partial charge in [-0.05, 0) is 24.5 Å². The Morgan fingerprint density at radius 1 is 1.37 bits per heavy atom. The monoisotopic (exact) mass is 260 g/mol. The Hall–Kier alpha value is -1.55. The van der Waals surface area contributed by atoms with Gasteiger partial charge in [-0.2, -0.15) is 0 Å². The van der Waals surface area contributed by atoms with Gasteiger partial charge in [-0.3, -0.25) is 4.79 Å². The number of carbonyl (C=O) groups is 1. The maximum absolute atomic E-state index is 12.3. The fourth-order valence-corrected chi connectivity index (χ4v) is 3.18. The minimum atomic E-state index is -0.381. The van der Waals surface area contributed by atoms with Crippen molar-refractivity contribution in [2.75, 3.05) is 11.9 Å². The van der Waals surface area contributed by atoms with E-state index >= 15 is 0 Å². The van der Waals surface area contributed by atoms with Crippen LogP contribution in [0.15, 0.2) is 24.3 Å². The third-order valence-corrected chi connectivity index (χ3v) is 4.34. The molecular weight excluding hydrogens is 240 g/mol. The number of nitrogens with one attached hydrogen (secondary N) is 2. The van der Waals surface area contributed by atoms with Crippen molar-refractivity contribution in [1.29, 1.82) is 0 Å². The molecule has 0 spiro atoms. The predicted octanol–water partition coefficient (Wildman–Crippen LogP) is 1.44. The first-order valence-corrected chi connectivity index (χ1v) is 7.00. The molecule has 1 atom stereocenters. The van der Waals surface area contributed by atoms with Gasteiger partial charge >= 0.3 is 0 Å². The topological polar surface area (TPSA) is 61.4 Å². The average Bonchev–Trinajstić information content (AvgIpc) is 3.05. The average molecular weight is 260 g/mol. The van der Waals surface area contributed by atoms with Crippen LogP contribution >= 0.6 is 0 Å². The van der Waals surface area contributed by atoms with E-state index in [4.69, 9.17) is 0 Å². The van der Waals surface area contributed by atoms with Crippen LogP contribution in [0.25, 0.3) is 0 Å². The van der Waals surface area contributed by atoms with E-state index in [9.17, 15) is 9.90 Å². The zero-order chi connectivity index (χ0) is 13.3. The molecule has 3 N–H and O–H groups in total. The second kappa shape index (κ2) is 4.85. The number of fused-ring (bicyclic) bond motifs is 1. The van der Waals surface area contributed by atoms with Crippen LogP contribution in [0.4, 0.5) is 5.69 Å². The minimum Gasteiger partial charge on any atom is -0.394 e. The number of rotatable bonds is 3. The number of anilines is 1. The van der Waals surface area contributed by atoms with E-state index in [0.29, 0.717) is 0 Å². The standard InChI is InChI=1S/C15H20N2O2/c18-10-15(7-3-4-8-15)17-14(19)13-9-11-5-1-2-6-12(11)16-13/h1-2,5-6,13,16,18H,3-4,7-10H2,(H,17,19). The second-order valence-corrected chi connectivity index (χ2v) is 5.69. The lowest BCUT2D eigenvalue weighted by Gasteiger charge is -2.29. The number of para-hydroxylation sites is 1. The first kappa shape index (κ1) is 12.5. The van der Waals surface area contributed by atoms with E-state index in [1.54, 1.807) is 0 Å². The van der Waals surface area contributed by atoms with Crippen LogP contribution in [0.5, 0.6) is 0 Å². The van der Waals surface area contributed by atoms with Crippen molar-refractivity contribution in [1.82, 2.24) is 5.32 Å². The van der Waals surface area contributed by atoms with Crippen molar-refractivity contribution in [3.05, 3.63) is 29.8 Å². The predicted molar refractivity (Wildman–Crippen MR) is 74.0 cm³/mol. The highest BCUT2D eigenvalue weighted by atomic mass is 16.3. The molecule has 102 valence electrons. The molecule has 0 bridgehead atoms. The lowest BCUT2D eigenvalue weighted by atomic mass is 9.98. The SMILES string of the molecule is O=C(NC1(CO)CCCC1)C1Cc2ccccc2N1. The van der Waals surface area contributed by atoms with Crippen LogP contribution < -0.4 is 10.6 Å². The molecule has 3 rings (SSSR count). The molecule has 1 aliphatic heterocycles. The Morgan fingerprint density at radius 3 is 2.79 bits per heavy atom. The summed E-state index contributed by atoms with van der Waals surface area (Å²) in [5.74, 6) is 0.00662. The number of hydrogen-bond acceptors (Lipinski definition) is 3. The van der Waals surface area contributed by atoms with Crippen LogP contribution in [0.2, 0.25) is 0 Å². The van der Waals surface area contributed by atoms with Gasteiger partial charge in [0.15, 0.2) is 0 Å². The van der Waals surface area contributed by atoms with Crippen molar-refractivity contribution < 1.29 is 9.90 Å². The van der Waals surface area contributed by atoms with E-state index in [1.807, 2.05) is 24.3 Å². The molecule has 1 aromatic carbocycles. The number of benzene rings is 1. The van der Waals surface area contributed by atoms with Crippen molar-refractivity contribution in [3.63, 3.8) is 0 Å². The molecule has 1 aliphatic carbocycles. The summed E-state index contributed by atoms with van der Waals surface area (Å²) in [6.45, 7) is 0.0401. The molecule has 4 nitrogen and oxygen atoms in total. The van der Waals surface area contributed by atoms with E-state index in [2.05, 4.69) is 10.6 Å². The lowest BCUT2D eigenvalue weighted by Crippen LogP contribution is -2.53. The number of carbonyl (C=O) groups excluding carboxylic acids is 1. The number of hydrogen-bond donors (Lipinski definition) is 3. The molecule has 0 saturated heterocycles. The van der Waals surface area contributed by atoms with Gasteiger partial charge in [0.05, 0.1) is 12.1 Å². The van der Waals surface area contributed by atoms with Crippen molar-refractivity contribution in [2.24, 2.45) is 0 Å². The summed E-state index contributed by atoms with van der Waals surface area (Å²) in [6.07, 6.45) is 4.66. The van der Waals surface area contributed by atoms with Crippen LogP contribution in [0.1, 0.15) is 31.2 Å². The van der Waals surface area contributed by atoms with Gasteiger partial charge in [0, 0.05) is 12.1 Å². The molecule has 1 aromatic rings. The van der Waals surface area contributed by atoms with Gasteiger partial charge in [0.2, 0.25) is 5.91 Å². The van der Waals surface area contributed by atoms with Crippen molar-refractivity contribution in [2.45, 2.75) is 43.7 Å². The van der Waals surface area contributed by atoms with Crippen LogP contribution in [0.3, 0.4) is 0 Å². The van der Waals surface area contributed by atoms with Gasteiger partial charge in [0.1, 0.15) is 6.04 Å². The molecule has 1 saturated carbocycles. The van der Waals surface area contributed by atoms with E-state index in [1.165, 1.54) is 5.56 Å². The first-order chi connectivity index (χ1) is 9.22. The highest BCUT2D eigenvalue weighted by Gasteiger charge is 2.37. The van der Waals surface area contributed by atoms with E-state index in [0.717, 1.165) is 37.8 Å². The van der Waals surface area contributed by atoms with Crippen LogP contribution in [0, 0.1) is 0 Å². The van der Waals surface area contributed by atoms with Gasteiger partial charge in [0.25, 0.3) is 0 Å². The van der Waals surface area contributed by atoms with Gasteiger partial charge in [-0.15, -0.1) is 0 Å². The van der Waals surface area contributed by atoms with Gasteiger partial charge in [-0.1, -0.05) is 31.0 Å². The number of aliphatic hydroxyl groups excluding tert-OH is 1. The molecule has 0 aromatic heterocycles. The van der Waals surface area contributed by atoms with Crippen molar-refractivity contribution in [3.8, 4) is 0 Å². The van der Waals surface area contributed by atoms with E-state index in [-0.39, 0.29) is 24.1 Å². The molecule has 4 heteroatoms. The summed E-state index contributed by atoms with van der Waals surface area (Å²) < 4.78 is 0. The van der Waals surface area contributed by atoms with Crippen LogP contribution in [-0.4, -0.2) is 29.2 Å². The minimum absolute atomic E-state index is 0.00662. The molecule has 0 radical (unpaired) electrons. The fraction of sp³-hybridized carbons (Fsp3) is 0.533. The Morgan fingerprint density at radius 2 is 2.11 bits per heavy atom. The number of aliphatic hydroxyl groups is 1. The second-order valence-electron chi connectivity index (χ2n) is 5.69. The maximum Gasteiger partial charge on any atom is 0.243 e. The fourth-order valence-electron chi connectivity index (χ4n) is 3.18. The maximum atomic E-state index is 12.3. The number of amides is 1. The lowest BCUT2D eigenvalue weighted by molar-refractivity contribution is -0.124. The highest BCUT2D eigenvalue weighted by molar-refractivity contribution is 5.88. The Kier molecular flexibility index (Phi) is 3.19. The molecule has 19 heavy (non-hydrogen) atoms. The third kappa shape index (κ3) is 2.32. The zero-order valence-corrected chi connectivity index (χ0v) is 11.0. The zero-order valence-electron chi connectivity index (χ0n) is 11.0. The van der Waals surface area contributed by atoms with Crippen LogP contribution in [-0.2, 0) is 11.2 Å². The Balaban J connectivity index is 1.67. The normalized spacial score (nSPS) is 23.7. The first-order valence-electron chi connectivity index (χ1n) is 7.00. The summed E-state index contributed by atoms with van der Waals surface area (Å²) in [7, 11) is 0. The molecule has 1 heterocycles. The Labute approximate surface area is 113 Å². The molecule has 1 unspecified atom stereocenters. The molecule has 1 amide bonds. The van der Waals surface area contributed by atoms with Gasteiger partial charge < -0.3 is 15.7 Å². The summed E-state index contributed by atoms with van der Waals surface area (Å²) in [4.78, 5) is 12.3. The summed E-state index contributed by atoms with van der Waals surface area (Å²) in [6, 6.07) is 7.81.